The van der Waals surface area contributed by atoms with Crippen LogP contribution in [0.3, 0.4) is 0 Å². The van der Waals surface area contributed by atoms with Gasteiger partial charge in [0.15, 0.2) is 5.82 Å². The number of hydrogen-bond acceptors (Lipinski definition) is 4. The molecule has 1 N–H and O–H groups in total. The van der Waals surface area contributed by atoms with Gasteiger partial charge in [-0.05, 0) is 25.1 Å². The van der Waals surface area contributed by atoms with Crippen LogP contribution in [-0.2, 0) is 0 Å². The molecule has 2 heterocycles. The maximum absolute atomic E-state index is 4.06. The average Bonchev–Trinajstić information content (AvgIpc) is 2.72. The van der Waals surface area contributed by atoms with E-state index in [1.54, 1.807) is 10.9 Å². The Morgan fingerprint density at radius 1 is 1.36 bits per heavy atom. The standard InChI is InChI=1S/C9H11N5/c1-2-10-8-4-5-9(13-12-8)14-7-3-6-11-14/h3-7H,2H2,1H3,(H,10,12). The maximum atomic E-state index is 4.06. The molecule has 0 amide bonds. The molecule has 2 aromatic heterocycles. The lowest BCUT2D eigenvalue weighted by molar-refractivity contribution is 0.814. The van der Waals surface area contributed by atoms with Crippen molar-refractivity contribution in [1.29, 1.82) is 0 Å². The van der Waals surface area contributed by atoms with Crippen molar-refractivity contribution >= 4 is 5.82 Å². The summed E-state index contributed by atoms with van der Waals surface area (Å²) in [6.07, 6.45) is 3.54. The van der Waals surface area contributed by atoms with E-state index in [2.05, 4.69) is 20.6 Å². The van der Waals surface area contributed by atoms with Crippen molar-refractivity contribution in [2.24, 2.45) is 0 Å². The van der Waals surface area contributed by atoms with Gasteiger partial charge >= 0.3 is 0 Å². The number of aromatic nitrogens is 4. The lowest BCUT2D eigenvalue weighted by Crippen LogP contribution is -2.03. The second-order valence-corrected chi connectivity index (χ2v) is 2.76. The zero-order chi connectivity index (χ0) is 9.80. The molecule has 2 rings (SSSR count). The van der Waals surface area contributed by atoms with E-state index in [0.29, 0.717) is 0 Å². The Labute approximate surface area is 81.8 Å². The monoisotopic (exact) mass is 189 g/mol. The van der Waals surface area contributed by atoms with Gasteiger partial charge in [0.1, 0.15) is 5.82 Å². The molecule has 14 heavy (non-hydrogen) atoms. The SMILES string of the molecule is CCNc1ccc(-n2cccn2)nn1. The Morgan fingerprint density at radius 3 is 2.86 bits per heavy atom. The highest BCUT2D eigenvalue weighted by Gasteiger charge is 1.98. The van der Waals surface area contributed by atoms with Crippen molar-refractivity contribution < 1.29 is 0 Å². The lowest BCUT2D eigenvalue weighted by atomic mass is 10.5. The quantitative estimate of drug-likeness (QED) is 0.785. The Hall–Kier alpha value is -1.91. The second-order valence-electron chi connectivity index (χ2n) is 2.76. The van der Waals surface area contributed by atoms with Crippen LogP contribution in [-0.4, -0.2) is 26.5 Å². The van der Waals surface area contributed by atoms with Crippen LogP contribution < -0.4 is 5.32 Å². The minimum atomic E-state index is 0.719. The second kappa shape index (κ2) is 3.87. The predicted molar refractivity (Wildman–Crippen MR) is 53.3 cm³/mol. The smallest absolute Gasteiger partial charge is 0.175 e. The van der Waals surface area contributed by atoms with Gasteiger partial charge in [0.2, 0.25) is 0 Å². The van der Waals surface area contributed by atoms with Gasteiger partial charge in [0.25, 0.3) is 0 Å². The molecule has 0 aromatic carbocycles. The van der Waals surface area contributed by atoms with Gasteiger partial charge in [0, 0.05) is 18.9 Å². The highest BCUT2D eigenvalue weighted by molar-refractivity contribution is 5.35. The van der Waals surface area contributed by atoms with Crippen molar-refractivity contribution in [3.63, 3.8) is 0 Å². The molecule has 0 aliphatic heterocycles. The summed E-state index contributed by atoms with van der Waals surface area (Å²) in [6, 6.07) is 5.60. The molecule has 0 aliphatic carbocycles. The molecule has 5 nitrogen and oxygen atoms in total. The molecule has 2 aromatic rings. The molecule has 5 heteroatoms. The summed E-state index contributed by atoms with van der Waals surface area (Å²) in [7, 11) is 0. The van der Waals surface area contributed by atoms with Crippen molar-refractivity contribution in [3.8, 4) is 5.82 Å². The summed E-state index contributed by atoms with van der Waals surface area (Å²) in [5.74, 6) is 1.50. The van der Waals surface area contributed by atoms with Crippen molar-refractivity contribution in [3.05, 3.63) is 30.6 Å². The minimum Gasteiger partial charge on any atom is -0.369 e. The van der Waals surface area contributed by atoms with Crippen LogP contribution in [0.2, 0.25) is 0 Å². The molecule has 0 atom stereocenters. The molecular formula is C9H11N5. The maximum Gasteiger partial charge on any atom is 0.175 e. The minimum absolute atomic E-state index is 0.719. The van der Waals surface area contributed by atoms with Crippen LogP contribution in [0.4, 0.5) is 5.82 Å². The van der Waals surface area contributed by atoms with Crippen molar-refractivity contribution in [1.82, 2.24) is 20.0 Å². The predicted octanol–water partition coefficient (Wildman–Crippen LogP) is 1.09. The number of nitrogens with one attached hydrogen (secondary N) is 1. The first-order valence-electron chi connectivity index (χ1n) is 4.48. The number of nitrogens with zero attached hydrogens (tertiary/aromatic N) is 4. The third kappa shape index (κ3) is 1.71. The van der Waals surface area contributed by atoms with E-state index in [1.165, 1.54) is 0 Å². The highest BCUT2D eigenvalue weighted by Crippen LogP contribution is 2.04. The largest absolute Gasteiger partial charge is 0.369 e. The number of rotatable bonds is 3. The molecular weight excluding hydrogens is 178 g/mol. The summed E-state index contributed by atoms with van der Waals surface area (Å²) < 4.78 is 1.67. The molecule has 0 bridgehead atoms. The van der Waals surface area contributed by atoms with Crippen molar-refractivity contribution in [2.45, 2.75) is 6.92 Å². The van der Waals surface area contributed by atoms with Crippen molar-refractivity contribution in [2.75, 3.05) is 11.9 Å². The normalized spacial score (nSPS) is 10.1. The zero-order valence-corrected chi connectivity index (χ0v) is 7.88. The molecule has 0 saturated heterocycles. The van der Waals surface area contributed by atoms with Crippen LogP contribution in [0.1, 0.15) is 6.92 Å². The molecule has 0 aliphatic rings. The summed E-state index contributed by atoms with van der Waals surface area (Å²) in [4.78, 5) is 0. The Morgan fingerprint density at radius 2 is 2.29 bits per heavy atom. The zero-order valence-electron chi connectivity index (χ0n) is 7.88. The van der Waals surface area contributed by atoms with E-state index in [1.807, 2.05) is 31.3 Å². The lowest BCUT2D eigenvalue weighted by Gasteiger charge is -2.02. The van der Waals surface area contributed by atoms with Crippen LogP contribution >= 0.6 is 0 Å². The first-order valence-corrected chi connectivity index (χ1v) is 4.48. The number of hydrogen-bond donors (Lipinski definition) is 1. The van der Waals surface area contributed by atoms with E-state index < -0.39 is 0 Å². The van der Waals surface area contributed by atoms with Gasteiger partial charge in [-0.25, -0.2) is 4.68 Å². The summed E-state index contributed by atoms with van der Waals surface area (Å²) >= 11 is 0. The number of anilines is 1. The fourth-order valence-corrected chi connectivity index (χ4v) is 1.13. The van der Waals surface area contributed by atoms with E-state index >= 15 is 0 Å². The molecule has 0 fully saturated rings. The third-order valence-corrected chi connectivity index (χ3v) is 1.75. The Kier molecular flexibility index (Phi) is 2.40. The van der Waals surface area contributed by atoms with Gasteiger partial charge in [0.05, 0.1) is 0 Å². The summed E-state index contributed by atoms with van der Waals surface area (Å²) in [5.41, 5.74) is 0. The van der Waals surface area contributed by atoms with Gasteiger partial charge in [-0.1, -0.05) is 0 Å². The molecule has 0 unspecified atom stereocenters. The van der Waals surface area contributed by atoms with E-state index in [9.17, 15) is 0 Å². The summed E-state index contributed by atoms with van der Waals surface area (Å²) in [5, 5.41) is 15.2. The van der Waals surface area contributed by atoms with Crippen LogP contribution in [0.15, 0.2) is 30.6 Å². The van der Waals surface area contributed by atoms with E-state index in [4.69, 9.17) is 0 Å². The van der Waals surface area contributed by atoms with Gasteiger partial charge in [-0.2, -0.15) is 5.10 Å². The summed E-state index contributed by atoms with van der Waals surface area (Å²) in [6.45, 7) is 2.86. The third-order valence-electron chi connectivity index (χ3n) is 1.75. The average molecular weight is 189 g/mol. The van der Waals surface area contributed by atoms with Crippen LogP contribution in [0.25, 0.3) is 5.82 Å². The first kappa shape index (κ1) is 8.68. The Balaban J connectivity index is 2.22. The molecule has 0 radical (unpaired) electrons. The van der Waals surface area contributed by atoms with Crippen LogP contribution in [0.5, 0.6) is 0 Å². The van der Waals surface area contributed by atoms with Gasteiger partial charge < -0.3 is 5.32 Å². The fourth-order valence-electron chi connectivity index (χ4n) is 1.13. The van der Waals surface area contributed by atoms with Gasteiger partial charge in [-0.3, -0.25) is 0 Å². The molecule has 0 spiro atoms. The molecule has 0 saturated carbocycles. The van der Waals surface area contributed by atoms with E-state index in [-0.39, 0.29) is 0 Å². The molecule has 72 valence electrons. The first-order chi connectivity index (χ1) is 6.90. The van der Waals surface area contributed by atoms with Gasteiger partial charge in [-0.15, -0.1) is 10.2 Å². The van der Waals surface area contributed by atoms with Crippen LogP contribution in [0, 0.1) is 0 Å². The topological polar surface area (TPSA) is 55.6 Å². The Bertz CT molecular complexity index is 378. The van der Waals surface area contributed by atoms with E-state index in [0.717, 1.165) is 18.2 Å². The highest BCUT2D eigenvalue weighted by atomic mass is 15.3. The fraction of sp³-hybridized carbons (Fsp3) is 0.222.